The molecule has 1 aromatic carbocycles. The fourth-order valence-electron chi connectivity index (χ4n) is 5.63. The smallest absolute Gasteiger partial charge is 0.134 e. The van der Waals surface area contributed by atoms with Gasteiger partial charge in [0, 0.05) is 17.0 Å². The van der Waals surface area contributed by atoms with Crippen molar-refractivity contribution in [2.24, 2.45) is 5.92 Å². The van der Waals surface area contributed by atoms with Crippen molar-refractivity contribution in [1.29, 1.82) is 0 Å². The quantitative estimate of drug-likeness (QED) is 0.848. The number of furan rings is 1. The lowest BCUT2D eigenvalue weighted by Crippen LogP contribution is -2.59. The standard InChI is InChI=1S/C20H23NO/c1-2-9-20-10-11-21-18(17(20)6-1)13-15-14(5-3-7-16(15)20)19-8-4-12-22-19/h3-5,7-8,12,17-18,21H,1-2,6,9-11,13H2/t17-,18+,20-/m0/s1. The summed E-state index contributed by atoms with van der Waals surface area (Å²) in [5.41, 5.74) is 4.95. The lowest BCUT2D eigenvalue weighted by atomic mass is 9.52. The summed E-state index contributed by atoms with van der Waals surface area (Å²) in [6.45, 7) is 1.19. The van der Waals surface area contributed by atoms with Crippen LogP contribution in [0.15, 0.2) is 41.0 Å². The number of piperidine rings is 1. The van der Waals surface area contributed by atoms with Crippen molar-refractivity contribution in [2.45, 2.75) is 50.0 Å². The first-order chi connectivity index (χ1) is 10.9. The molecule has 1 N–H and O–H groups in total. The van der Waals surface area contributed by atoms with Gasteiger partial charge in [-0.2, -0.15) is 0 Å². The highest BCUT2D eigenvalue weighted by molar-refractivity contribution is 5.66. The average molecular weight is 293 g/mol. The van der Waals surface area contributed by atoms with Gasteiger partial charge in [0.1, 0.15) is 5.76 Å². The molecule has 1 saturated carbocycles. The molecule has 0 unspecified atom stereocenters. The molecule has 0 amide bonds. The third-order valence-corrected chi connectivity index (χ3v) is 6.48. The van der Waals surface area contributed by atoms with Gasteiger partial charge in [-0.05, 0) is 61.4 Å². The van der Waals surface area contributed by atoms with Gasteiger partial charge in [0.05, 0.1) is 6.26 Å². The third-order valence-electron chi connectivity index (χ3n) is 6.48. The molecule has 2 fully saturated rings. The predicted octanol–water partition coefficient (Wildman–Crippen LogP) is 4.29. The van der Waals surface area contributed by atoms with Crippen LogP contribution in [-0.4, -0.2) is 12.6 Å². The summed E-state index contributed by atoms with van der Waals surface area (Å²) in [6, 6.07) is 11.7. The first kappa shape index (κ1) is 13.0. The molecule has 2 bridgehead atoms. The lowest BCUT2D eigenvalue weighted by molar-refractivity contribution is 0.0799. The number of nitrogens with one attached hydrogen (secondary N) is 1. The molecule has 2 heteroatoms. The minimum Gasteiger partial charge on any atom is -0.464 e. The summed E-state index contributed by atoms with van der Waals surface area (Å²) in [6.07, 6.45) is 9.86. The Labute approximate surface area is 131 Å². The molecule has 5 rings (SSSR count). The van der Waals surface area contributed by atoms with Crippen LogP contribution in [0, 0.1) is 5.92 Å². The summed E-state index contributed by atoms with van der Waals surface area (Å²) in [5.74, 6) is 1.87. The van der Waals surface area contributed by atoms with Gasteiger partial charge in [0.25, 0.3) is 0 Å². The van der Waals surface area contributed by atoms with E-state index in [0.717, 1.165) is 11.7 Å². The van der Waals surface area contributed by atoms with Crippen molar-refractivity contribution in [3.8, 4) is 11.3 Å². The van der Waals surface area contributed by atoms with Crippen LogP contribution in [0.25, 0.3) is 11.3 Å². The van der Waals surface area contributed by atoms with Crippen molar-refractivity contribution >= 4 is 0 Å². The zero-order valence-electron chi connectivity index (χ0n) is 13.0. The van der Waals surface area contributed by atoms with Crippen molar-refractivity contribution < 1.29 is 4.42 Å². The van der Waals surface area contributed by atoms with E-state index in [-0.39, 0.29) is 0 Å². The van der Waals surface area contributed by atoms with E-state index in [0.29, 0.717) is 11.5 Å². The normalized spacial score (nSPS) is 33.1. The lowest BCUT2D eigenvalue weighted by Gasteiger charge is -2.56. The topological polar surface area (TPSA) is 25.2 Å². The van der Waals surface area contributed by atoms with E-state index in [1.54, 1.807) is 17.4 Å². The van der Waals surface area contributed by atoms with Crippen LogP contribution in [0.3, 0.4) is 0 Å². The van der Waals surface area contributed by atoms with E-state index in [1.165, 1.54) is 50.6 Å². The molecule has 0 spiro atoms. The molecule has 2 aromatic rings. The zero-order valence-corrected chi connectivity index (χ0v) is 13.0. The molecule has 2 heterocycles. The van der Waals surface area contributed by atoms with Gasteiger partial charge in [-0.3, -0.25) is 0 Å². The van der Waals surface area contributed by atoms with Crippen LogP contribution >= 0.6 is 0 Å². The van der Waals surface area contributed by atoms with Gasteiger partial charge in [-0.1, -0.05) is 31.0 Å². The molecule has 1 saturated heterocycles. The molecule has 2 aliphatic carbocycles. The second kappa shape index (κ2) is 4.73. The fraction of sp³-hybridized carbons (Fsp3) is 0.500. The Morgan fingerprint density at radius 1 is 1.09 bits per heavy atom. The minimum atomic E-state index is 0.435. The number of fused-ring (bicyclic) bond motifs is 1. The number of hydrogen-bond acceptors (Lipinski definition) is 2. The summed E-state index contributed by atoms with van der Waals surface area (Å²) < 4.78 is 5.72. The molecular weight excluding hydrogens is 270 g/mol. The maximum absolute atomic E-state index is 5.72. The highest BCUT2D eigenvalue weighted by atomic mass is 16.3. The van der Waals surface area contributed by atoms with Gasteiger partial charge >= 0.3 is 0 Å². The van der Waals surface area contributed by atoms with E-state index in [4.69, 9.17) is 4.42 Å². The van der Waals surface area contributed by atoms with Gasteiger partial charge in [0.15, 0.2) is 0 Å². The maximum Gasteiger partial charge on any atom is 0.134 e. The summed E-state index contributed by atoms with van der Waals surface area (Å²) in [5, 5.41) is 3.83. The van der Waals surface area contributed by atoms with Crippen LogP contribution in [0.2, 0.25) is 0 Å². The molecular formula is C20H23NO. The number of hydrogen-bond donors (Lipinski definition) is 1. The monoisotopic (exact) mass is 293 g/mol. The molecule has 114 valence electrons. The Morgan fingerprint density at radius 3 is 3.00 bits per heavy atom. The highest BCUT2D eigenvalue weighted by Crippen LogP contribution is 2.54. The molecule has 2 nitrogen and oxygen atoms in total. The Hall–Kier alpha value is -1.54. The van der Waals surface area contributed by atoms with Gasteiger partial charge < -0.3 is 9.73 Å². The van der Waals surface area contributed by atoms with Crippen molar-refractivity contribution in [1.82, 2.24) is 5.32 Å². The summed E-state index contributed by atoms with van der Waals surface area (Å²) in [7, 11) is 0. The van der Waals surface area contributed by atoms with E-state index >= 15 is 0 Å². The van der Waals surface area contributed by atoms with Crippen LogP contribution in [0.4, 0.5) is 0 Å². The Kier molecular flexibility index (Phi) is 2.78. The van der Waals surface area contributed by atoms with Crippen molar-refractivity contribution in [2.75, 3.05) is 6.54 Å². The number of benzene rings is 1. The molecule has 0 radical (unpaired) electrons. The minimum absolute atomic E-state index is 0.435. The Bertz CT molecular complexity index is 686. The van der Waals surface area contributed by atoms with E-state index in [1.807, 2.05) is 6.07 Å². The predicted molar refractivity (Wildman–Crippen MR) is 87.9 cm³/mol. The zero-order chi connectivity index (χ0) is 14.6. The van der Waals surface area contributed by atoms with E-state index in [2.05, 4.69) is 29.6 Å². The van der Waals surface area contributed by atoms with Gasteiger partial charge in [-0.15, -0.1) is 0 Å². The summed E-state index contributed by atoms with van der Waals surface area (Å²) in [4.78, 5) is 0. The van der Waals surface area contributed by atoms with Crippen LogP contribution in [0.1, 0.15) is 43.2 Å². The van der Waals surface area contributed by atoms with Gasteiger partial charge in [0.2, 0.25) is 0 Å². The molecule has 3 atom stereocenters. The van der Waals surface area contributed by atoms with Crippen LogP contribution in [0.5, 0.6) is 0 Å². The molecule has 1 aromatic heterocycles. The van der Waals surface area contributed by atoms with Crippen LogP contribution in [-0.2, 0) is 11.8 Å². The second-order valence-corrected chi connectivity index (χ2v) is 7.33. The Morgan fingerprint density at radius 2 is 2.09 bits per heavy atom. The van der Waals surface area contributed by atoms with E-state index < -0.39 is 0 Å². The first-order valence-corrected chi connectivity index (χ1v) is 8.78. The van der Waals surface area contributed by atoms with Crippen molar-refractivity contribution in [3.63, 3.8) is 0 Å². The fourth-order valence-corrected chi connectivity index (χ4v) is 5.63. The van der Waals surface area contributed by atoms with E-state index in [9.17, 15) is 0 Å². The number of rotatable bonds is 1. The van der Waals surface area contributed by atoms with Crippen molar-refractivity contribution in [3.05, 3.63) is 47.7 Å². The molecule has 1 aliphatic heterocycles. The van der Waals surface area contributed by atoms with Gasteiger partial charge in [-0.25, -0.2) is 0 Å². The SMILES string of the molecule is c1coc(-c2cccc3c2C[C@H]2NCC[C@@]34CCCC[C@@H]24)c1. The highest BCUT2D eigenvalue weighted by Gasteiger charge is 2.51. The largest absolute Gasteiger partial charge is 0.464 e. The second-order valence-electron chi connectivity index (χ2n) is 7.33. The van der Waals surface area contributed by atoms with Crippen LogP contribution < -0.4 is 5.32 Å². The third kappa shape index (κ3) is 1.65. The first-order valence-electron chi connectivity index (χ1n) is 8.78. The molecule has 22 heavy (non-hydrogen) atoms. The Balaban J connectivity index is 1.73. The molecule has 3 aliphatic rings. The maximum atomic E-state index is 5.72. The summed E-state index contributed by atoms with van der Waals surface area (Å²) >= 11 is 0. The average Bonchev–Trinajstić information content (AvgIpc) is 3.09.